The Labute approximate surface area is 182 Å². The van der Waals surface area contributed by atoms with Gasteiger partial charge in [-0.05, 0) is 37.8 Å². The second-order valence-electron chi connectivity index (χ2n) is 7.45. The Bertz CT molecular complexity index is 803. The molecule has 8 heteroatoms. The number of rotatable bonds is 5. The minimum Gasteiger partial charge on any atom is -0.357 e. The molecule has 2 aliphatic rings. The van der Waals surface area contributed by atoms with Crippen LogP contribution in [0.5, 0.6) is 0 Å². The lowest BCUT2D eigenvalue weighted by molar-refractivity contribution is 0.315. The van der Waals surface area contributed by atoms with Crippen molar-refractivity contribution < 1.29 is 0 Å². The van der Waals surface area contributed by atoms with Gasteiger partial charge in [0.25, 0.3) is 0 Å². The molecule has 0 aromatic carbocycles. The quantitative estimate of drug-likeness (QED) is 0.375. The normalized spacial score (nSPS) is 23.4. The van der Waals surface area contributed by atoms with Crippen molar-refractivity contribution in [1.29, 1.82) is 0 Å². The number of fused-ring (bicyclic) bond motifs is 1. The van der Waals surface area contributed by atoms with Crippen LogP contribution in [0.3, 0.4) is 0 Å². The first kappa shape index (κ1) is 20.7. The molecule has 27 heavy (non-hydrogen) atoms. The monoisotopic (exact) mass is 502 g/mol. The van der Waals surface area contributed by atoms with Crippen molar-refractivity contribution >= 4 is 47.2 Å². The number of aromatic nitrogens is 2. The lowest BCUT2D eigenvalue weighted by Crippen LogP contribution is -2.46. The lowest BCUT2D eigenvalue weighted by atomic mass is 10.1. The van der Waals surface area contributed by atoms with Gasteiger partial charge in [-0.2, -0.15) is 0 Å². The molecule has 0 bridgehead atoms. The summed E-state index contributed by atoms with van der Waals surface area (Å²) < 4.78 is 1.94. The summed E-state index contributed by atoms with van der Waals surface area (Å²) in [7, 11) is 0. The van der Waals surface area contributed by atoms with Crippen LogP contribution in [0.4, 0.5) is 0 Å². The summed E-state index contributed by atoms with van der Waals surface area (Å²) in [5.41, 5.74) is 1.82. The molecule has 148 valence electrons. The highest BCUT2D eigenvalue weighted by molar-refractivity contribution is 14.0. The zero-order valence-electron chi connectivity index (χ0n) is 15.9. The SMILES string of the molecule is CCNC(=NCc1cn2cc(Cl)ccc2n1)NC1CN(C2CC2)CC1C.I. The van der Waals surface area contributed by atoms with E-state index >= 15 is 0 Å². The van der Waals surface area contributed by atoms with E-state index in [1.807, 2.05) is 28.9 Å². The molecule has 2 unspecified atom stereocenters. The Morgan fingerprint density at radius 3 is 2.85 bits per heavy atom. The minimum absolute atomic E-state index is 0. The molecular formula is C19H28ClIN6. The van der Waals surface area contributed by atoms with E-state index in [-0.39, 0.29) is 24.0 Å². The average molecular weight is 503 g/mol. The molecule has 1 aliphatic carbocycles. The second-order valence-corrected chi connectivity index (χ2v) is 7.89. The third-order valence-electron chi connectivity index (χ3n) is 5.23. The molecule has 2 N–H and O–H groups in total. The Hall–Kier alpha value is -1.06. The number of nitrogens with zero attached hydrogens (tertiary/aromatic N) is 4. The molecular weight excluding hydrogens is 475 g/mol. The van der Waals surface area contributed by atoms with Gasteiger partial charge in [0, 0.05) is 44.1 Å². The maximum Gasteiger partial charge on any atom is 0.191 e. The van der Waals surface area contributed by atoms with Crippen LogP contribution in [-0.4, -0.2) is 52.0 Å². The van der Waals surface area contributed by atoms with Crippen LogP contribution in [0.25, 0.3) is 5.65 Å². The van der Waals surface area contributed by atoms with E-state index in [0.717, 1.165) is 36.4 Å². The van der Waals surface area contributed by atoms with E-state index in [2.05, 4.69) is 34.4 Å². The van der Waals surface area contributed by atoms with E-state index in [1.165, 1.54) is 19.4 Å². The number of hydrogen-bond acceptors (Lipinski definition) is 3. The number of halogens is 2. The van der Waals surface area contributed by atoms with E-state index in [4.69, 9.17) is 16.6 Å². The molecule has 1 saturated carbocycles. The van der Waals surface area contributed by atoms with Crippen LogP contribution < -0.4 is 10.6 Å². The fourth-order valence-corrected chi connectivity index (χ4v) is 3.85. The summed E-state index contributed by atoms with van der Waals surface area (Å²) in [6.45, 7) is 8.12. The third-order valence-corrected chi connectivity index (χ3v) is 5.46. The average Bonchev–Trinajstić information content (AvgIpc) is 3.29. The summed E-state index contributed by atoms with van der Waals surface area (Å²) in [5.74, 6) is 1.51. The standard InChI is InChI=1S/C19H27ClN6.HI/c1-3-21-19(24-17-12-25(9-13(17)2)16-5-6-16)22-8-15-11-26-10-14(20)4-7-18(26)23-15;/h4,7,10-11,13,16-17H,3,5-6,8-9,12H2,1-2H3,(H2,21,22,24);1H. The maximum atomic E-state index is 6.04. The fourth-order valence-electron chi connectivity index (χ4n) is 3.68. The molecule has 4 rings (SSSR count). The van der Waals surface area contributed by atoms with Gasteiger partial charge in [0.2, 0.25) is 0 Å². The van der Waals surface area contributed by atoms with E-state index in [9.17, 15) is 0 Å². The lowest BCUT2D eigenvalue weighted by Gasteiger charge is -2.20. The Morgan fingerprint density at radius 1 is 1.30 bits per heavy atom. The summed E-state index contributed by atoms with van der Waals surface area (Å²) in [4.78, 5) is 12.0. The van der Waals surface area contributed by atoms with Crippen molar-refractivity contribution in [3.05, 3.63) is 35.2 Å². The van der Waals surface area contributed by atoms with Gasteiger partial charge in [0.15, 0.2) is 5.96 Å². The second kappa shape index (κ2) is 8.96. The van der Waals surface area contributed by atoms with Crippen LogP contribution in [0.15, 0.2) is 29.5 Å². The van der Waals surface area contributed by atoms with Gasteiger partial charge in [-0.15, -0.1) is 24.0 Å². The van der Waals surface area contributed by atoms with Gasteiger partial charge in [0.05, 0.1) is 17.3 Å². The number of likely N-dealkylation sites (tertiary alicyclic amines) is 1. The molecule has 0 radical (unpaired) electrons. The summed E-state index contributed by atoms with van der Waals surface area (Å²) in [6, 6.07) is 5.06. The molecule has 2 aromatic rings. The van der Waals surface area contributed by atoms with Crippen molar-refractivity contribution in [3.8, 4) is 0 Å². The summed E-state index contributed by atoms with van der Waals surface area (Å²) in [5, 5.41) is 7.71. The molecule has 2 fully saturated rings. The van der Waals surface area contributed by atoms with Gasteiger partial charge in [0.1, 0.15) is 5.65 Å². The number of nitrogens with one attached hydrogen (secondary N) is 2. The fraction of sp³-hybridized carbons (Fsp3) is 0.579. The predicted octanol–water partition coefficient (Wildman–Crippen LogP) is 3.14. The number of hydrogen-bond donors (Lipinski definition) is 2. The predicted molar refractivity (Wildman–Crippen MR) is 121 cm³/mol. The molecule has 0 amide bonds. The van der Waals surface area contributed by atoms with E-state index in [0.29, 0.717) is 23.5 Å². The molecule has 1 aliphatic heterocycles. The highest BCUT2D eigenvalue weighted by Gasteiger charge is 2.38. The van der Waals surface area contributed by atoms with Crippen LogP contribution in [0.1, 0.15) is 32.4 Å². The molecule has 2 atom stereocenters. The van der Waals surface area contributed by atoms with Crippen molar-refractivity contribution in [1.82, 2.24) is 24.9 Å². The summed E-state index contributed by atoms with van der Waals surface area (Å²) >= 11 is 6.04. The summed E-state index contributed by atoms with van der Waals surface area (Å²) in [6.07, 6.45) is 6.59. The zero-order valence-corrected chi connectivity index (χ0v) is 18.9. The maximum absolute atomic E-state index is 6.04. The smallest absolute Gasteiger partial charge is 0.191 e. The largest absolute Gasteiger partial charge is 0.357 e. The van der Waals surface area contributed by atoms with Crippen LogP contribution in [0.2, 0.25) is 5.02 Å². The first-order chi connectivity index (χ1) is 12.6. The van der Waals surface area contributed by atoms with Crippen molar-refractivity contribution in [2.45, 2.75) is 45.3 Å². The van der Waals surface area contributed by atoms with Crippen molar-refractivity contribution in [3.63, 3.8) is 0 Å². The van der Waals surface area contributed by atoms with Gasteiger partial charge in [-0.3, -0.25) is 4.90 Å². The highest BCUT2D eigenvalue weighted by atomic mass is 127. The molecule has 0 spiro atoms. The Balaban J connectivity index is 0.00000210. The van der Waals surface area contributed by atoms with Gasteiger partial charge < -0.3 is 15.0 Å². The van der Waals surface area contributed by atoms with Crippen molar-refractivity contribution in [2.24, 2.45) is 10.9 Å². The van der Waals surface area contributed by atoms with Crippen LogP contribution in [0, 0.1) is 5.92 Å². The zero-order chi connectivity index (χ0) is 18.1. The number of imidazole rings is 1. The topological polar surface area (TPSA) is 57.0 Å². The van der Waals surface area contributed by atoms with Crippen molar-refractivity contribution in [2.75, 3.05) is 19.6 Å². The van der Waals surface area contributed by atoms with Crippen LogP contribution in [-0.2, 0) is 6.54 Å². The number of pyridine rings is 1. The minimum atomic E-state index is 0. The Kier molecular flexibility index (Phi) is 6.86. The van der Waals surface area contributed by atoms with Gasteiger partial charge in [-0.25, -0.2) is 9.98 Å². The van der Waals surface area contributed by atoms with Crippen LogP contribution >= 0.6 is 35.6 Å². The van der Waals surface area contributed by atoms with E-state index < -0.39 is 0 Å². The Morgan fingerprint density at radius 2 is 2.11 bits per heavy atom. The molecule has 2 aromatic heterocycles. The highest BCUT2D eigenvalue weighted by Crippen LogP contribution is 2.31. The first-order valence-electron chi connectivity index (χ1n) is 9.54. The molecule has 3 heterocycles. The third kappa shape index (κ3) is 5.06. The molecule has 1 saturated heterocycles. The van der Waals surface area contributed by atoms with Gasteiger partial charge >= 0.3 is 0 Å². The number of guanidine groups is 1. The van der Waals surface area contributed by atoms with Gasteiger partial charge in [-0.1, -0.05) is 18.5 Å². The first-order valence-corrected chi connectivity index (χ1v) is 9.92. The molecule has 6 nitrogen and oxygen atoms in total. The number of aliphatic imine (C=N–C) groups is 1. The van der Waals surface area contributed by atoms with E-state index in [1.54, 1.807) is 0 Å².